The van der Waals surface area contributed by atoms with Crippen LogP contribution in [0.4, 0.5) is 0 Å². The Bertz CT molecular complexity index is 468. The highest BCUT2D eigenvalue weighted by Gasteiger charge is 2.45. The molecule has 0 atom stereocenters. The van der Waals surface area contributed by atoms with Crippen LogP contribution < -0.4 is 5.73 Å². The molecule has 1 aliphatic rings. The standard InChI is InChI=1S/C11H13N3/c12-8-11(4-5-11)9-7-13-10-3-1-2-6-14(9)10/h1-3,6-7H,4-5,8,12H2. The third-order valence-corrected chi connectivity index (χ3v) is 3.20. The molecule has 14 heavy (non-hydrogen) atoms. The molecule has 3 nitrogen and oxygen atoms in total. The van der Waals surface area contributed by atoms with Gasteiger partial charge in [-0.15, -0.1) is 0 Å². The molecular weight excluding hydrogens is 174 g/mol. The second-order valence-electron chi connectivity index (χ2n) is 4.06. The van der Waals surface area contributed by atoms with Crippen LogP contribution in [0.25, 0.3) is 5.65 Å². The van der Waals surface area contributed by atoms with Gasteiger partial charge in [0.1, 0.15) is 5.65 Å². The third kappa shape index (κ3) is 0.930. The molecule has 1 saturated carbocycles. The molecule has 1 aliphatic carbocycles. The number of imidazole rings is 1. The van der Waals surface area contributed by atoms with Gasteiger partial charge in [0.2, 0.25) is 0 Å². The van der Waals surface area contributed by atoms with Gasteiger partial charge in [0, 0.05) is 30.0 Å². The van der Waals surface area contributed by atoms with Gasteiger partial charge >= 0.3 is 0 Å². The summed E-state index contributed by atoms with van der Waals surface area (Å²) < 4.78 is 2.15. The smallest absolute Gasteiger partial charge is 0.136 e. The number of rotatable bonds is 2. The van der Waals surface area contributed by atoms with Gasteiger partial charge in [0.15, 0.2) is 0 Å². The molecule has 0 bridgehead atoms. The molecule has 0 unspecified atom stereocenters. The minimum atomic E-state index is 0.223. The molecule has 0 radical (unpaired) electrons. The zero-order valence-corrected chi connectivity index (χ0v) is 7.98. The number of aromatic nitrogens is 2. The molecule has 0 amide bonds. The zero-order chi connectivity index (χ0) is 9.60. The van der Waals surface area contributed by atoms with Crippen molar-refractivity contribution in [1.29, 1.82) is 0 Å². The Balaban J connectivity index is 2.22. The van der Waals surface area contributed by atoms with E-state index in [1.54, 1.807) is 0 Å². The Labute approximate surface area is 82.6 Å². The van der Waals surface area contributed by atoms with Gasteiger partial charge in [-0.3, -0.25) is 0 Å². The molecule has 2 aromatic heterocycles. The van der Waals surface area contributed by atoms with Crippen LogP contribution in [0, 0.1) is 0 Å². The predicted molar refractivity (Wildman–Crippen MR) is 55.2 cm³/mol. The van der Waals surface area contributed by atoms with E-state index in [0.717, 1.165) is 12.2 Å². The van der Waals surface area contributed by atoms with Gasteiger partial charge < -0.3 is 10.1 Å². The predicted octanol–water partition coefficient (Wildman–Crippen LogP) is 1.32. The van der Waals surface area contributed by atoms with Crippen LogP contribution in [0.1, 0.15) is 18.5 Å². The van der Waals surface area contributed by atoms with E-state index in [1.807, 2.05) is 24.4 Å². The Kier molecular flexibility index (Phi) is 1.47. The van der Waals surface area contributed by atoms with E-state index < -0.39 is 0 Å². The third-order valence-electron chi connectivity index (χ3n) is 3.20. The minimum Gasteiger partial charge on any atom is -0.330 e. The maximum absolute atomic E-state index is 5.81. The van der Waals surface area contributed by atoms with Crippen LogP contribution in [0.2, 0.25) is 0 Å². The van der Waals surface area contributed by atoms with Crippen molar-refractivity contribution in [3.63, 3.8) is 0 Å². The highest BCUT2D eigenvalue weighted by molar-refractivity contribution is 5.43. The molecule has 3 heteroatoms. The van der Waals surface area contributed by atoms with E-state index in [4.69, 9.17) is 5.73 Å². The van der Waals surface area contributed by atoms with E-state index in [0.29, 0.717) is 0 Å². The van der Waals surface area contributed by atoms with Crippen LogP contribution in [-0.2, 0) is 5.41 Å². The first-order chi connectivity index (χ1) is 6.86. The normalized spacial score (nSPS) is 18.6. The molecule has 3 rings (SSSR count). The molecular formula is C11H13N3. The second-order valence-corrected chi connectivity index (χ2v) is 4.06. The van der Waals surface area contributed by atoms with E-state index in [1.165, 1.54) is 18.5 Å². The van der Waals surface area contributed by atoms with Crippen molar-refractivity contribution < 1.29 is 0 Å². The summed E-state index contributed by atoms with van der Waals surface area (Å²) in [5, 5.41) is 0. The van der Waals surface area contributed by atoms with Crippen molar-refractivity contribution in [2.24, 2.45) is 5.73 Å². The van der Waals surface area contributed by atoms with E-state index >= 15 is 0 Å². The molecule has 72 valence electrons. The number of nitrogens with zero attached hydrogens (tertiary/aromatic N) is 2. The van der Waals surface area contributed by atoms with Crippen molar-refractivity contribution in [2.45, 2.75) is 18.3 Å². The summed E-state index contributed by atoms with van der Waals surface area (Å²) in [5.41, 5.74) is 8.32. The van der Waals surface area contributed by atoms with E-state index in [-0.39, 0.29) is 5.41 Å². The first-order valence-electron chi connectivity index (χ1n) is 4.98. The average Bonchev–Trinajstić information content (AvgIpc) is 2.91. The van der Waals surface area contributed by atoms with Crippen molar-refractivity contribution in [3.05, 3.63) is 36.3 Å². The first-order valence-corrected chi connectivity index (χ1v) is 4.98. The molecule has 2 heterocycles. The topological polar surface area (TPSA) is 43.3 Å². The second kappa shape index (κ2) is 2.58. The molecule has 0 aliphatic heterocycles. The number of pyridine rings is 1. The SMILES string of the molecule is NCC1(c2cnc3ccccn23)CC1. The Morgan fingerprint density at radius 2 is 2.29 bits per heavy atom. The van der Waals surface area contributed by atoms with Crippen LogP contribution in [-0.4, -0.2) is 15.9 Å². The number of fused-ring (bicyclic) bond motifs is 1. The fourth-order valence-electron chi connectivity index (χ4n) is 2.04. The summed E-state index contributed by atoms with van der Waals surface area (Å²) in [7, 11) is 0. The summed E-state index contributed by atoms with van der Waals surface area (Å²) >= 11 is 0. The largest absolute Gasteiger partial charge is 0.330 e. The van der Waals surface area contributed by atoms with E-state index in [2.05, 4.69) is 15.6 Å². The summed E-state index contributed by atoms with van der Waals surface area (Å²) in [5.74, 6) is 0. The van der Waals surface area contributed by atoms with Gasteiger partial charge in [-0.2, -0.15) is 0 Å². The van der Waals surface area contributed by atoms with Gasteiger partial charge in [-0.1, -0.05) is 6.07 Å². The summed E-state index contributed by atoms with van der Waals surface area (Å²) in [6.07, 6.45) is 6.43. The molecule has 0 saturated heterocycles. The molecule has 0 spiro atoms. The summed E-state index contributed by atoms with van der Waals surface area (Å²) in [6.45, 7) is 0.732. The number of hydrogen-bond acceptors (Lipinski definition) is 2. The van der Waals surface area contributed by atoms with Crippen molar-refractivity contribution in [2.75, 3.05) is 6.54 Å². The van der Waals surface area contributed by atoms with Gasteiger partial charge in [0.05, 0.1) is 0 Å². The van der Waals surface area contributed by atoms with E-state index in [9.17, 15) is 0 Å². The minimum absolute atomic E-state index is 0.223. The highest BCUT2D eigenvalue weighted by atomic mass is 15.0. The summed E-state index contributed by atoms with van der Waals surface area (Å²) in [4.78, 5) is 4.38. The Hall–Kier alpha value is -1.35. The Morgan fingerprint density at radius 3 is 3.00 bits per heavy atom. The van der Waals surface area contributed by atoms with Crippen LogP contribution >= 0.6 is 0 Å². The molecule has 0 aromatic carbocycles. The van der Waals surface area contributed by atoms with Crippen molar-refractivity contribution in [1.82, 2.24) is 9.38 Å². The van der Waals surface area contributed by atoms with Crippen molar-refractivity contribution in [3.8, 4) is 0 Å². The lowest BCUT2D eigenvalue weighted by Gasteiger charge is -2.11. The Morgan fingerprint density at radius 1 is 1.43 bits per heavy atom. The highest BCUT2D eigenvalue weighted by Crippen LogP contribution is 2.47. The fourth-order valence-corrected chi connectivity index (χ4v) is 2.04. The zero-order valence-electron chi connectivity index (χ0n) is 7.98. The molecule has 2 aromatic rings. The lowest BCUT2D eigenvalue weighted by Crippen LogP contribution is -2.21. The van der Waals surface area contributed by atoms with Crippen LogP contribution in [0.5, 0.6) is 0 Å². The summed E-state index contributed by atoms with van der Waals surface area (Å²) in [6, 6.07) is 6.06. The molecule has 2 N–H and O–H groups in total. The number of nitrogens with two attached hydrogens (primary N) is 1. The lowest BCUT2D eigenvalue weighted by atomic mass is 10.0. The van der Waals surface area contributed by atoms with Crippen molar-refractivity contribution >= 4 is 5.65 Å². The van der Waals surface area contributed by atoms with Crippen LogP contribution in [0.3, 0.4) is 0 Å². The van der Waals surface area contributed by atoms with Gasteiger partial charge in [0.25, 0.3) is 0 Å². The molecule has 1 fully saturated rings. The maximum atomic E-state index is 5.81. The van der Waals surface area contributed by atoms with Gasteiger partial charge in [-0.05, 0) is 25.0 Å². The quantitative estimate of drug-likeness (QED) is 0.770. The number of hydrogen-bond donors (Lipinski definition) is 1. The lowest BCUT2D eigenvalue weighted by molar-refractivity contribution is 0.671. The monoisotopic (exact) mass is 187 g/mol. The average molecular weight is 187 g/mol. The first kappa shape index (κ1) is 8.00. The fraction of sp³-hybridized carbons (Fsp3) is 0.364. The van der Waals surface area contributed by atoms with Gasteiger partial charge in [-0.25, -0.2) is 4.98 Å². The van der Waals surface area contributed by atoms with Crippen LogP contribution in [0.15, 0.2) is 30.6 Å². The maximum Gasteiger partial charge on any atom is 0.136 e.